The van der Waals surface area contributed by atoms with Gasteiger partial charge in [-0.3, -0.25) is 4.90 Å². The van der Waals surface area contributed by atoms with Crippen molar-refractivity contribution in [1.29, 1.82) is 0 Å². The monoisotopic (exact) mass is 324 g/mol. The van der Waals surface area contributed by atoms with Gasteiger partial charge in [0.05, 0.1) is 0 Å². The van der Waals surface area contributed by atoms with Crippen LogP contribution >= 0.6 is 0 Å². The van der Waals surface area contributed by atoms with Gasteiger partial charge in [-0.1, -0.05) is 49.4 Å². The van der Waals surface area contributed by atoms with Crippen molar-refractivity contribution in [2.24, 2.45) is 11.7 Å². The highest BCUT2D eigenvalue weighted by Crippen LogP contribution is 2.28. The van der Waals surface area contributed by atoms with E-state index in [0.29, 0.717) is 13.2 Å². The number of nitrogens with two attached hydrogens (primary N) is 1. The van der Waals surface area contributed by atoms with Gasteiger partial charge < -0.3 is 10.5 Å². The molecular weight excluding hydrogens is 296 g/mol. The minimum Gasteiger partial charge on any atom is -0.489 e. The zero-order valence-corrected chi connectivity index (χ0v) is 14.5. The maximum Gasteiger partial charge on any atom is 0.120 e. The molecule has 3 rings (SSSR count). The summed E-state index contributed by atoms with van der Waals surface area (Å²) in [6.45, 7) is 5.86. The van der Waals surface area contributed by atoms with Crippen molar-refractivity contribution in [1.82, 2.24) is 4.90 Å². The molecule has 0 spiro atoms. The van der Waals surface area contributed by atoms with E-state index in [0.717, 1.165) is 24.8 Å². The number of hydrogen-bond acceptors (Lipinski definition) is 3. The van der Waals surface area contributed by atoms with Crippen LogP contribution in [-0.4, -0.2) is 24.5 Å². The molecule has 0 saturated carbocycles. The second kappa shape index (κ2) is 8.32. The van der Waals surface area contributed by atoms with Crippen LogP contribution in [0.1, 0.15) is 36.9 Å². The molecule has 0 bridgehead atoms. The lowest BCUT2D eigenvalue weighted by molar-refractivity contribution is 0.141. The Hall–Kier alpha value is -1.84. The highest BCUT2D eigenvalue weighted by molar-refractivity contribution is 5.31. The van der Waals surface area contributed by atoms with Crippen LogP contribution in [0.2, 0.25) is 0 Å². The van der Waals surface area contributed by atoms with E-state index >= 15 is 0 Å². The molecule has 1 heterocycles. The summed E-state index contributed by atoms with van der Waals surface area (Å²) in [6, 6.07) is 19.0. The van der Waals surface area contributed by atoms with Gasteiger partial charge in [-0.25, -0.2) is 0 Å². The normalized spacial score (nSPS) is 17.6. The average Bonchev–Trinajstić information content (AvgIpc) is 2.63. The van der Waals surface area contributed by atoms with E-state index in [1.54, 1.807) is 0 Å². The minimum absolute atomic E-state index is 0.290. The fourth-order valence-corrected chi connectivity index (χ4v) is 3.39. The zero-order chi connectivity index (χ0) is 16.8. The van der Waals surface area contributed by atoms with E-state index in [-0.39, 0.29) is 6.04 Å². The molecule has 1 aliphatic heterocycles. The lowest BCUT2D eigenvalue weighted by Gasteiger charge is -2.36. The molecule has 2 aromatic carbocycles. The maximum absolute atomic E-state index is 6.10. The summed E-state index contributed by atoms with van der Waals surface area (Å²) in [6.07, 6.45) is 2.53. The molecule has 3 nitrogen and oxygen atoms in total. The van der Waals surface area contributed by atoms with Crippen LogP contribution in [0, 0.1) is 5.92 Å². The number of rotatable bonds is 6. The summed E-state index contributed by atoms with van der Waals surface area (Å²) in [5.41, 5.74) is 8.55. The smallest absolute Gasteiger partial charge is 0.120 e. The van der Waals surface area contributed by atoms with Crippen molar-refractivity contribution >= 4 is 0 Å². The number of benzene rings is 2. The van der Waals surface area contributed by atoms with Crippen LogP contribution in [0.15, 0.2) is 54.6 Å². The van der Waals surface area contributed by atoms with Crippen LogP contribution in [0.5, 0.6) is 5.75 Å². The van der Waals surface area contributed by atoms with E-state index in [2.05, 4.69) is 42.2 Å². The van der Waals surface area contributed by atoms with Crippen LogP contribution in [0.3, 0.4) is 0 Å². The molecule has 24 heavy (non-hydrogen) atoms. The number of nitrogens with zero attached hydrogens (tertiary/aromatic N) is 1. The first-order chi connectivity index (χ1) is 11.8. The summed E-state index contributed by atoms with van der Waals surface area (Å²) in [5.74, 6) is 1.75. The Bertz CT molecular complexity index is 621. The predicted molar refractivity (Wildman–Crippen MR) is 99.0 cm³/mol. The van der Waals surface area contributed by atoms with Gasteiger partial charge in [-0.05, 0) is 55.1 Å². The first-order valence-electron chi connectivity index (χ1n) is 8.97. The Balaban J connectivity index is 1.66. The van der Waals surface area contributed by atoms with E-state index in [1.807, 2.05) is 24.3 Å². The first-order valence-corrected chi connectivity index (χ1v) is 8.97. The molecule has 0 aliphatic carbocycles. The van der Waals surface area contributed by atoms with E-state index < -0.39 is 0 Å². The van der Waals surface area contributed by atoms with Gasteiger partial charge in [0.1, 0.15) is 12.4 Å². The largest absolute Gasteiger partial charge is 0.489 e. The minimum atomic E-state index is 0.290. The quantitative estimate of drug-likeness (QED) is 0.873. The summed E-state index contributed by atoms with van der Waals surface area (Å²) in [7, 11) is 0. The highest BCUT2D eigenvalue weighted by Gasteiger charge is 2.23. The van der Waals surface area contributed by atoms with Crippen molar-refractivity contribution < 1.29 is 4.74 Å². The standard InChI is InChI=1S/C21H28N2O/c1-17-10-12-23(13-11-17)21(15-22)19-8-5-9-20(14-19)24-16-18-6-3-2-4-7-18/h2-9,14,17,21H,10-13,15-16,22H2,1H3. The van der Waals surface area contributed by atoms with Gasteiger partial charge in [0.15, 0.2) is 0 Å². The van der Waals surface area contributed by atoms with Gasteiger partial charge in [0.25, 0.3) is 0 Å². The van der Waals surface area contributed by atoms with Crippen LogP contribution in [0.25, 0.3) is 0 Å². The van der Waals surface area contributed by atoms with Gasteiger partial charge in [-0.15, -0.1) is 0 Å². The number of piperidine rings is 1. The van der Waals surface area contributed by atoms with Crippen molar-refractivity contribution in [2.75, 3.05) is 19.6 Å². The predicted octanol–water partition coefficient (Wildman–Crippen LogP) is 4.00. The van der Waals surface area contributed by atoms with Crippen molar-refractivity contribution in [2.45, 2.75) is 32.4 Å². The third-order valence-corrected chi connectivity index (χ3v) is 4.97. The fourth-order valence-electron chi connectivity index (χ4n) is 3.39. The SMILES string of the molecule is CC1CCN(C(CN)c2cccc(OCc3ccccc3)c2)CC1. The molecule has 2 aromatic rings. The molecule has 0 aromatic heterocycles. The molecule has 2 N–H and O–H groups in total. The summed E-state index contributed by atoms with van der Waals surface area (Å²) in [5, 5.41) is 0. The zero-order valence-electron chi connectivity index (χ0n) is 14.5. The van der Waals surface area contributed by atoms with Gasteiger partial charge in [0.2, 0.25) is 0 Å². The fraction of sp³-hybridized carbons (Fsp3) is 0.429. The Morgan fingerprint density at radius 2 is 1.83 bits per heavy atom. The Kier molecular flexibility index (Phi) is 5.89. The molecule has 1 unspecified atom stereocenters. The van der Waals surface area contributed by atoms with E-state index in [1.165, 1.54) is 24.0 Å². The number of likely N-dealkylation sites (tertiary alicyclic amines) is 1. The van der Waals surface area contributed by atoms with Crippen molar-refractivity contribution in [3.8, 4) is 5.75 Å². The molecule has 0 amide bonds. The molecule has 0 radical (unpaired) electrons. The number of ether oxygens (including phenoxy) is 1. The van der Waals surface area contributed by atoms with Gasteiger partial charge in [0, 0.05) is 12.6 Å². The lowest BCUT2D eigenvalue weighted by Crippen LogP contribution is -2.39. The number of hydrogen-bond donors (Lipinski definition) is 1. The molecule has 1 fully saturated rings. The Morgan fingerprint density at radius 1 is 1.08 bits per heavy atom. The molecular formula is C21H28N2O. The van der Waals surface area contributed by atoms with Crippen LogP contribution < -0.4 is 10.5 Å². The van der Waals surface area contributed by atoms with Crippen molar-refractivity contribution in [3.05, 3.63) is 65.7 Å². The van der Waals surface area contributed by atoms with Gasteiger partial charge >= 0.3 is 0 Å². The van der Waals surface area contributed by atoms with Crippen LogP contribution in [0.4, 0.5) is 0 Å². The third kappa shape index (κ3) is 4.37. The Labute approximate surface area is 145 Å². The Morgan fingerprint density at radius 3 is 2.54 bits per heavy atom. The first kappa shape index (κ1) is 17.0. The van der Waals surface area contributed by atoms with Crippen LogP contribution in [-0.2, 0) is 6.61 Å². The molecule has 3 heteroatoms. The van der Waals surface area contributed by atoms with E-state index in [9.17, 15) is 0 Å². The highest BCUT2D eigenvalue weighted by atomic mass is 16.5. The molecule has 128 valence electrons. The summed E-state index contributed by atoms with van der Waals surface area (Å²) < 4.78 is 5.97. The summed E-state index contributed by atoms with van der Waals surface area (Å²) in [4.78, 5) is 2.52. The third-order valence-electron chi connectivity index (χ3n) is 4.97. The lowest BCUT2D eigenvalue weighted by atomic mass is 9.95. The van der Waals surface area contributed by atoms with Gasteiger partial charge in [-0.2, -0.15) is 0 Å². The average molecular weight is 324 g/mol. The molecule has 1 atom stereocenters. The second-order valence-electron chi connectivity index (χ2n) is 6.82. The summed E-state index contributed by atoms with van der Waals surface area (Å²) >= 11 is 0. The van der Waals surface area contributed by atoms with E-state index in [4.69, 9.17) is 10.5 Å². The maximum atomic E-state index is 6.10. The second-order valence-corrected chi connectivity index (χ2v) is 6.82. The van der Waals surface area contributed by atoms with Crippen molar-refractivity contribution in [3.63, 3.8) is 0 Å². The topological polar surface area (TPSA) is 38.5 Å². The molecule has 1 saturated heterocycles. The molecule has 1 aliphatic rings.